The van der Waals surface area contributed by atoms with Crippen LogP contribution in [0.5, 0.6) is 0 Å². The van der Waals surface area contributed by atoms with Gasteiger partial charge < -0.3 is 20.5 Å². The average Bonchev–Trinajstić information content (AvgIpc) is 3.53. The maximum atomic E-state index is 12.3. The van der Waals surface area contributed by atoms with Crippen LogP contribution in [-0.4, -0.2) is 42.8 Å². The van der Waals surface area contributed by atoms with E-state index in [2.05, 4.69) is 34.9 Å². The maximum absolute atomic E-state index is 12.3. The third kappa shape index (κ3) is 5.35. The summed E-state index contributed by atoms with van der Waals surface area (Å²) in [6.07, 6.45) is 0.985. The monoisotopic (exact) mass is 450 g/mol. The molecule has 3 atom stereocenters. The molecule has 4 rings (SSSR count). The fourth-order valence-corrected chi connectivity index (χ4v) is 4.64. The minimum atomic E-state index is -0.854. The molecule has 0 saturated heterocycles. The van der Waals surface area contributed by atoms with Crippen LogP contribution in [0.4, 0.5) is 4.79 Å². The van der Waals surface area contributed by atoms with Gasteiger partial charge in [-0.15, -0.1) is 0 Å². The second-order valence-electron chi connectivity index (χ2n) is 8.93. The van der Waals surface area contributed by atoms with Gasteiger partial charge in [-0.2, -0.15) is 0 Å². The summed E-state index contributed by atoms with van der Waals surface area (Å²) in [6, 6.07) is 16.4. The molecule has 33 heavy (non-hydrogen) atoms. The quantitative estimate of drug-likeness (QED) is 0.511. The Kier molecular flexibility index (Phi) is 6.96. The van der Waals surface area contributed by atoms with Crippen molar-refractivity contribution in [2.24, 2.45) is 17.8 Å². The first kappa shape index (κ1) is 22.8. The number of rotatable bonds is 10. The molecule has 1 saturated carbocycles. The Morgan fingerprint density at radius 3 is 2.27 bits per heavy atom. The summed E-state index contributed by atoms with van der Waals surface area (Å²) in [7, 11) is 0. The van der Waals surface area contributed by atoms with Gasteiger partial charge in [0, 0.05) is 31.3 Å². The van der Waals surface area contributed by atoms with Crippen molar-refractivity contribution < 1.29 is 24.2 Å². The zero-order chi connectivity index (χ0) is 23.4. The van der Waals surface area contributed by atoms with E-state index in [1.54, 1.807) is 0 Å². The Bertz CT molecular complexity index is 991. The first-order valence-corrected chi connectivity index (χ1v) is 11.6. The van der Waals surface area contributed by atoms with Crippen LogP contribution in [-0.2, 0) is 14.3 Å². The molecule has 1 unspecified atom stereocenters. The summed E-state index contributed by atoms with van der Waals surface area (Å²) >= 11 is 0. The number of fused-ring (bicyclic) bond motifs is 3. The van der Waals surface area contributed by atoms with E-state index in [9.17, 15) is 14.4 Å². The first-order valence-electron chi connectivity index (χ1n) is 11.6. The molecule has 0 aromatic heterocycles. The van der Waals surface area contributed by atoms with Crippen molar-refractivity contribution in [1.82, 2.24) is 10.6 Å². The van der Waals surface area contributed by atoms with Gasteiger partial charge >= 0.3 is 12.1 Å². The average molecular weight is 451 g/mol. The number of benzene rings is 2. The predicted molar refractivity (Wildman–Crippen MR) is 124 cm³/mol. The van der Waals surface area contributed by atoms with Crippen LogP contribution < -0.4 is 10.6 Å². The van der Waals surface area contributed by atoms with Gasteiger partial charge in [0.1, 0.15) is 6.61 Å². The molecule has 1 fully saturated rings. The molecule has 174 valence electrons. The number of aliphatic carboxylic acids is 1. The molecule has 7 heteroatoms. The van der Waals surface area contributed by atoms with Crippen molar-refractivity contribution in [3.8, 4) is 11.1 Å². The van der Waals surface area contributed by atoms with Crippen molar-refractivity contribution in [2.45, 2.75) is 32.1 Å². The number of carboxylic acids is 1. The molecule has 2 aliphatic rings. The fraction of sp³-hybridized carbons (Fsp3) is 0.423. The van der Waals surface area contributed by atoms with E-state index in [1.165, 1.54) is 22.3 Å². The van der Waals surface area contributed by atoms with E-state index >= 15 is 0 Å². The molecule has 2 aliphatic carbocycles. The maximum Gasteiger partial charge on any atom is 0.407 e. The lowest BCUT2D eigenvalue weighted by molar-refractivity contribution is -0.138. The summed E-state index contributed by atoms with van der Waals surface area (Å²) in [6.45, 7) is 2.93. The number of nitrogens with one attached hydrogen (secondary N) is 2. The smallest absolute Gasteiger partial charge is 0.407 e. The molecule has 0 radical (unpaired) electrons. The van der Waals surface area contributed by atoms with Gasteiger partial charge in [-0.3, -0.25) is 9.59 Å². The van der Waals surface area contributed by atoms with E-state index in [0.717, 1.165) is 0 Å². The van der Waals surface area contributed by atoms with Crippen LogP contribution >= 0.6 is 0 Å². The number of hydrogen-bond acceptors (Lipinski definition) is 4. The van der Waals surface area contributed by atoms with Crippen molar-refractivity contribution in [3.63, 3.8) is 0 Å². The summed E-state index contributed by atoms with van der Waals surface area (Å²) in [4.78, 5) is 35.5. The van der Waals surface area contributed by atoms with Gasteiger partial charge in [-0.1, -0.05) is 61.9 Å². The third-order valence-electron chi connectivity index (χ3n) is 6.72. The van der Waals surface area contributed by atoms with E-state index < -0.39 is 12.1 Å². The van der Waals surface area contributed by atoms with Gasteiger partial charge in [0.05, 0.1) is 0 Å². The number of ether oxygens (including phenoxy) is 1. The molecular formula is C26H30N2O5. The number of carbonyl (C=O) groups is 3. The first-order chi connectivity index (χ1) is 16.0. The molecule has 2 amide bonds. The van der Waals surface area contributed by atoms with Crippen molar-refractivity contribution >= 4 is 18.0 Å². The van der Waals surface area contributed by atoms with E-state index in [0.29, 0.717) is 25.9 Å². The molecule has 3 N–H and O–H groups in total. The van der Waals surface area contributed by atoms with Gasteiger partial charge in [0.15, 0.2) is 0 Å². The molecule has 7 nitrogen and oxygen atoms in total. The lowest BCUT2D eigenvalue weighted by Crippen LogP contribution is -2.33. The van der Waals surface area contributed by atoms with E-state index in [-0.39, 0.29) is 42.6 Å². The van der Waals surface area contributed by atoms with Crippen molar-refractivity contribution in [1.29, 1.82) is 0 Å². The molecule has 0 aliphatic heterocycles. The fourth-order valence-electron chi connectivity index (χ4n) is 4.64. The minimum Gasteiger partial charge on any atom is -0.481 e. The largest absolute Gasteiger partial charge is 0.481 e. The third-order valence-corrected chi connectivity index (χ3v) is 6.72. The highest BCUT2D eigenvalue weighted by atomic mass is 16.5. The number of hydrogen-bond donors (Lipinski definition) is 3. The molecule has 2 aromatic carbocycles. The Hall–Kier alpha value is -3.35. The number of alkyl carbamates (subject to hydrolysis) is 1. The summed E-state index contributed by atoms with van der Waals surface area (Å²) < 4.78 is 5.54. The molecule has 0 spiro atoms. The zero-order valence-electron chi connectivity index (χ0n) is 18.8. The van der Waals surface area contributed by atoms with Crippen molar-refractivity contribution in [2.75, 3.05) is 19.7 Å². The lowest BCUT2D eigenvalue weighted by atomic mass is 9.98. The standard InChI is InChI=1S/C26H30N2O5/c1-2-16(11-24(29)30)13-27-25(31)22-12-17(22)14-28-26(32)33-15-23-20-9-5-3-7-18(20)19-8-4-6-10-21(19)23/h3-10,16-17,22-23H,2,11-15H2,1H3,(H,27,31)(H,28,32)(H,29,30)/t16?,17-,22-/m1/s1. The predicted octanol–water partition coefficient (Wildman–Crippen LogP) is 3.78. The Labute approximate surface area is 193 Å². The highest BCUT2D eigenvalue weighted by Crippen LogP contribution is 2.44. The van der Waals surface area contributed by atoms with Gasteiger partial charge in [-0.25, -0.2) is 4.79 Å². The van der Waals surface area contributed by atoms with Gasteiger partial charge in [0.2, 0.25) is 5.91 Å². The van der Waals surface area contributed by atoms with Crippen LogP contribution in [0, 0.1) is 17.8 Å². The second-order valence-corrected chi connectivity index (χ2v) is 8.93. The normalized spacial score (nSPS) is 19.2. The summed E-state index contributed by atoms with van der Waals surface area (Å²) in [5.41, 5.74) is 4.70. The number of carboxylic acid groups (broad SMARTS) is 1. The van der Waals surface area contributed by atoms with Crippen LogP contribution in [0.25, 0.3) is 11.1 Å². The number of amides is 2. The van der Waals surface area contributed by atoms with E-state index in [4.69, 9.17) is 9.84 Å². The summed E-state index contributed by atoms with van der Waals surface area (Å²) in [5.74, 6) is -1.03. The Morgan fingerprint density at radius 1 is 1.03 bits per heavy atom. The van der Waals surface area contributed by atoms with Crippen LogP contribution in [0.3, 0.4) is 0 Å². The Morgan fingerprint density at radius 2 is 1.67 bits per heavy atom. The molecule has 0 bridgehead atoms. The molecule has 0 heterocycles. The SMILES string of the molecule is CCC(CNC(=O)[C@@H]1C[C@@H]1CNC(=O)OCC1c2ccccc2-c2ccccc21)CC(=O)O. The minimum absolute atomic E-state index is 0.0138. The molecular weight excluding hydrogens is 420 g/mol. The van der Waals surface area contributed by atoms with Crippen LogP contribution in [0.15, 0.2) is 48.5 Å². The van der Waals surface area contributed by atoms with Gasteiger partial charge in [-0.05, 0) is 40.5 Å². The highest BCUT2D eigenvalue weighted by Gasteiger charge is 2.43. The second kappa shape index (κ2) is 10.1. The van der Waals surface area contributed by atoms with E-state index in [1.807, 2.05) is 31.2 Å². The summed E-state index contributed by atoms with van der Waals surface area (Å²) in [5, 5.41) is 14.5. The van der Waals surface area contributed by atoms with Crippen LogP contribution in [0.2, 0.25) is 0 Å². The lowest BCUT2D eigenvalue weighted by Gasteiger charge is -2.15. The number of carbonyl (C=O) groups excluding carboxylic acids is 2. The highest BCUT2D eigenvalue weighted by molar-refractivity contribution is 5.82. The molecule has 2 aromatic rings. The Balaban J connectivity index is 1.21. The topological polar surface area (TPSA) is 105 Å². The van der Waals surface area contributed by atoms with Crippen LogP contribution in [0.1, 0.15) is 43.2 Å². The van der Waals surface area contributed by atoms with Gasteiger partial charge in [0.25, 0.3) is 0 Å². The zero-order valence-corrected chi connectivity index (χ0v) is 18.8. The van der Waals surface area contributed by atoms with Crippen molar-refractivity contribution in [3.05, 3.63) is 59.7 Å².